The van der Waals surface area contributed by atoms with Crippen LogP contribution in [-0.2, 0) is 4.74 Å². The summed E-state index contributed by atoms with van der Waals surface area (Å²) in [5, 5.41) is 2.87. The zero-order valence-corrected chi connectivity index (χ0v) is 9.35. The monoisotopic (exact) mass is 220 g/mol. The second-order valence-corrected chi connectivity index (χ2v) is 3.91. The molecule has 86 valence electrons. The quantitative estimate of drug-likeness (QED) is 0.785. The van der Waals surface area contributed by atoms with E-state index in [0.717, 1.165) is 5.69 Å². The lowest BCUT2D eigenvalue weighted by atomic mass is 10.2. The van der Waals surface area contributed by atoms with E-state index >= 15 is 0 Å². The van der Waals surface area contributed by atoms with Gasteiger partial charge < -0.3 is 15.0 Å². The Hall–Kier alpha value is -1.55. The molecule has 1 aromatic carbocycles. The summed E-state index contributed by atoms with van der Waals surface area (Å²) in [7, 11) is 0. The average Bonchev–Trinajstić information content (AvgIpc) is 2.31. The molecule has 2 rings (SSSR count). The summed E-state index contributed by atoms with van der Waals surface area (Å²) in [5.41, 5.74) is 0.825. The molecular weight excluding hydrogens is 204 g/mol. The number of benzene rings is 1. The van der Waals surface area contributed by atoms with Crippen LogP contribution in [0, 0.1) is 0 Å². The summed E-state index contributed by atoms with van der Waals surface area (Å²) in [4.78, 5) is 13.7. The number of nitrogens with zero attached hydrogens (tertiary/aromatic N) is 1. The number of carbonyl (C=O) groups excluding carboxylic acids is 1. The van der Waals surface area contributed by atoms with Gasteiger partial charge in [0.15, 0.2) is 0 Å². The third-order valence-corrected chi connectivity index (χ3v) is 2.65. The predicted molar refractivity (Wildman–Crippen MR) is 62.4 cm³/mol. The van der Waals surface area contributed by atoms with E-state index in [9.17, 15) is 4.79 Å². The Kier molecular flexibility index (Phi) is 3.41. The molecular formula is C12H16N2O2. The summed E-state index contributed by atoms with van der Waals surface area (Å²) < 4.78 is 5.29. The van der Waals surface area contributed by atoms with Gasteiger partial charge in [-0.2, -0.15) is 0 Å². The summed E-state index contributed by atoms with van der Waals surface area (Å²) in [6.07, 6.45) is 0. The molecule has 0 unspecified atom stereocenters. The molecule has 1 saturated heterocycles. The molecule has 0 aliphatic carbocycles. The van der Waals surface area contributed by atoms with E-state index in [1.54, 1.807) is 4.90 Å². The number of nitrogens with one attached hydrogen (secondary N) is 1. The number of morpholine rings is 1. The number of hydrogen-bond donors (Lipinski definition) is 1. The first kappa shape index (κ1) is 11.0. The van der Waals surface area contributed by atoms with Crippen LogP contribution in [0.2, 0.25) is 0 Å². The highest BCUT2D eigenvalue weighted by molar-refractivity contribution is 5.89. The van der Waals surface area contributed by atoms with Gasteiger partial charge in [0.05, 0.1) is 19.3 Å². The minimum atomic E-state index is -0.0537. The summed E-state index contributed by atoms with van der Waals surface area (Å²) >= 11 is 0. The summed E-state index contributed by atoms with van der Waals surface area (Å²) in [5.74, 6) is 0. The van der Waals surface area contributed by atoms with E-state index in [4.69, 9.17) is 4.74 Å². The number of ether oxygens (including phenoxy) is 1. The Morgan fingerprint density at radius 3 is 2.88 bits per heavy atom. The normalized spacial score (nSPS) is 20.6. The molecule has 0 saturated carbocycles. The smallest absolute Gasteiger partial charge is 0.322 e. The maximum Gasteiger partial charge on any atom is 0.322 e. The van der Waals surface area contributed by atoms with Crippen molar-refractivity contribution in [3.8, 4) is 0 Å². The fraction of sp³-hybridized carbons (Fsp3) is 0.417. The lowest BCUT2D eigenvalue weighted by Gasteiger charge is -2.33. The summed E-state index contributed by atoms with van der Waals surface area (Å²) in [6.45, 7) is 3.87. The van der Waals surface area contributed by atoms with Crippen LogP contribution in [0.5, 0.6) is 0 Å². The zero-order chi connectivity index (χ0) is 11.4. The maximum absolute atomic E-state index is 11.9. The van der Waals surface area contributed by atoms with Crippen molar-refractivity contribution in [3.63, 3.8) is 0 Å². The molecule has 1 N–H and O–H groups in total. The van der Waals surface area contributed by atoms with Gasteiger partial charge in [-0.15, -0.1) is 0 Å². The third-order valence-electron chi connectivity index (χ3n) is 2.65. The number of anilines is 1. The first-order valence-electron chi connectivity index (χ1n) is 5.48. The van der Waals surface area contributed by atoms with Gasteiger partial charge in [-0.05, 0) is 19.1 Å². The van der Waals surface area contributed by atoms with Crippen molar-refractivity contribution >= 4 is 11.7 Å². The molecule has 0 spiro atoms. The number of rotatable bonds is 1. The van der Waals surface area contributed by atoms with E-state index < -0.39 is 0 Å². The molecule has 1 atom stereocenters. The molecule has 1 aliphatic heterocycles. The Morgan fingerprint density at radius 2 is 2.19 bits per heavy atom. The van der Waals surface area contributed by atoms with Gasteiger partial charge in [-0.25, -0.2) is 4.79 Å². The van der Waals surface area contributed by atoms with E-state index in [-0.39, 0.29) is 12.1 Å². The lowest BCUT2D eigenvalue weighted by Crippen LogP contribution is -2.48. The van der Waals surface area contributed by atoms with Crippen LogP contribution in [0.3, 0.4) is 0 Å². The molecule has 16 heavy (non-hydrogen) atoms. The van der Waals surface area contributed by atoms with E-state index in [1.165, 1.54) is 0 Å². The molecule has 1 heterocycles. The van der Waals surface area contributed by atoms with Gasteiger partial charge in [-0.1, -0.05) is 18.2 Å². The second kappa shape index (κ2) is 4.99. The molecule has 0 radical (unpaired) electrons. The van der Waals surface area contributed by atoms with Crippen LogP contribution in [0.4, 0.5) is 10.5 Å². The zero-order valence-electron chi connectivity index (χ0n) is 9.35. The van der Waals surface area contributed by atoms with Crippen LogP contribution in [0.1, 0.15) is 6.92 Å². The number of hydrogen-bond acceptors (Lipinski definition) is 2. The van der Waals surface area contributed by atoms with E-state index in [1.807, 2.05) is 37.3 Å². The van der Waals surface area contributed by atoms with Crippen LogP contribution < -0.4 is 5.32 Å². The molecule has 1 aromatic rings. The van der Waals surface area contributed by atoms with Crippen molar-refractivity contribution in [2.24, 2.45) is 0 Å². The first-order valence-corrected chi connectivity index (χ1v) is 5.48. The predicted octanol–water partition coefficient (Wildman–Crippen LogP) is 1.94. The van der Waals surface area contributed by atoms with E-state index in [0.29, 0.717) is 19.8 Å². The standard InChI is InChI=1S/C12H16N2O2/c1-10-9-16-8-7-14(10)12(15)13-11-5-3-2-4-6-11/h2-6,10H,7-9H2,1H3,(H,13,15)/t10-/m1/s1. The van der Waals surface area contributed by atoms with Crippen LogP contribution in [-0.4, -0.2) is 36.7 Å². The topological polar surface area (TPSA) is 41.6 Å². The number of urea groups is 1. The first-order chi connectivity index (χ1) is 7.77. The van der Waals surface area contributed by atoms with Crippen molar-refractivity contribution in [2.45, 2.75) is 13.0 Å². The Balaban J connectivity index is 1.97. The van der Waals surface area contributed by atoms with Gasteiger partial charge in [0.1, 0.15) is 0 Å². The van der Waals surface area contributed by atoms with Crippen LogP contribution >= 0.6 is 0 Å². The van der Waals surface area contributed by atoms with Gasteiger partial charge in [0.2, 0.25) is 0 Å². The van der Waals surface area contributed by atoms with Gasteiger partial charge in [0.25, 0.3) is 0 Å². The van der Waals surface area contributed by atoms with Crippen molar-refractivity contribution in [1.29, 1.82) is 0 Å². The molecule has 0 aromatic heterocycles. The molecule has 4 heteroatoms. The second-order valence-electron chi connectivity index (χ2n) is 3.91. The van der Waals surface area contributed by atoms with Gasteiger partial charge >= 0.3 is 6.03 Å². The van der Waals surface area contributed by atoms with Crippen molar-refractivity contribution in [2.75, 3.05) is 25.1 Å². The lowest BCUT2D eigenvalue weighted by molar-refractivity contribution is 0.0222. The summed E-state index contributed by atoms with van der Waals surface area (Å²) in [6, 6.07) is 9.56. The molecule has 1 aliphatic rings. The molecule has 1 fully saturated rings. The highest BCUT2D eigenvalue weighted by atomic mass is 16.5. The Bertz CT molecular complexity index is 353. The SMILES string of the molecule is C[C@@H]1COCCN1C(=O)Nc1ccccc1. The van der Waals surface area contributed by atoms with Crippen molar-refractivity contribution in [3.05, 3.63) is 30.3 Å². The van der Waals surface area contributed by atoms with Crippen LogP contribution in [0.25, 0.3) is 0 Å². The molecule has 0 bridgehead atoms. The van der Waals surface area contributed by atoms with Crippen LogP contribution in [0.15, 0.2) is 30.3 Å². The van der Waals surface area contributed by atoms with Gasteiger partial charge in [-0.3, -0.25) is 0 Å². The fourth-order valence-corrected chi connectivity index (χ4v) is 1.75. The highest BCUT2D eigenvalue weighted by Crippen LogP contribution is 2.11. The Labute approximate surface area is 95.2 Å². The Morgan fingerprint density at radius 1 is 1.44 bits per heavy atom. The van der Waals surface area contributed by atoms with Gasteiger partial charge in [0, 0.05) is 12.2 Å². The van der Waals surface area contributed by atoms with E-state index in [2.05, 4.69) is 5.32 Å². The number of para-hydroxylation sites is 1. The maximum atomic E-state index is 11.9. The van der Waals surface area contributed by atoms with Crippen molar-refractivity contribution in [1.82, 2.24) is 4.90 Å². The fourth-order valence-electron chi connectivity index (χ4n) is 1.75. The third kappa shape index (κ3) is 2.52. The highest BCUT2D eigenvalue weighted by Gasteiger charge is 2.23. The van der Waals surface area contributed by atoms with Crippen molar-refractivity contribution < 1.29 is 9.53 Å². The minimum Gasteiger partial charge on any atom is -0.377 e. The largest absolute Gasteiger partial charge is 0.377 e. The minimum absolute atomic E-state index is 0.0537. The average molecular weight is 220 g/mol. The number of carbonyl (C=O) groups is 1. The number of amides is 2. The molecule has 4 nitrogen and oxygen atoms in total. The molecule has 2 amide bonds.